The first-order valence-electron chi connectivity index (χ1n) is 8.66. The number of carbonyl (C=O) groups excluding carboxylic acids is 1. The number of hydrogen-bond acceptors (Lipinski definition) is 2. The molecule has 0 aliphatic carbocycles. The topological polar surface area (TPSA) is 32.3 Å². The van der Waals surface area contributed by atoms with E-state index in [2.05, 4.69) is 48.3 Å². The van der Waals surface area contributed by atoms with Crippen LogP contribution in [-0.4, -0.2) is 29.0 Å². The van der Waals surface area contributed by atoms with E-state index in [1.807, 2.05) is 6.92 Å². The van der Waals surface area contributed by atoms with E-state index in [-0.39, 0.29) is 11.8 Å². The predicted molar refractivity (Wildman–Crippen MR) is 99.6 cm³/mol. The van der Waals surface area contributed by atoms with Crippen molar-refractivity contribution in [2.45, 2.75) is 52.4 Å². The van der Waals surface area contributed by atoms with Gasteiger partial charge in [0.15, 0.2) is 5.11 Å². The molecule has 4 heteroatoms. The highest BCUT2D eigenvalue weighted by molar-refractivity contribution is 7.80. The van der Waals surface area contributed by atoms with Crippen LogP contribution in [0, 0.1) is 5.92 Å². The summed E-state index contributed by atoms with van der Waals surface area (Å²) in [4.78, 5) is 14.5. The third-order valence-corrected chi connectivity index (χ3v) is 4.75. The summed E-state index contributed by atoms with van der Waals surface area (Å²) in [6.45, 7) is 8.28. The summed E-state index contributed by atoms with van der Waals surface area (Å²) in [5.41, 5.74) is 2.36. The second kappa shape index (κ2) is 8.44. The van der Waals surface area contributed by atoms with E-state index in [0.29, 0.717) is 11.0 Å². The second-order valence-electron chi connectivity index (χ2n) is 6.90. The molecule has 1 amide bonds. The first kappa shape index (κ1) is 17.9. The Bertz CT molecular complexity index is 533. The molecule has 1 N–H and O–H groups in total. The van der Waals surface area contributed by atoms with Crippen LogP contribution in [0.1, 0.15) is 57.1 Å². The fourth-order valence-corrected chi connectivity index (χ4v) is 3.24. The van der Waals surface area contributed by atoms with Crippen LogP contribution in [0.15, 0.2) is 24.3 Å². The van der Waals surface area contributed by atoms with Crippen LogP contribution >= 0.6 is 12.2 Å². The lowest BCUT2D eigenvalue weighted by Gasteiger charge is -2.29. The molecule has 0 saturated carbocycles. The summed E-state index contributed by atoms with van der Waals surface area (Å²) in [6, 6.07) is 8.38. The van der Waals surface area contributed by atoms with Crippen molar-refractivity contribution in [3.63, 3.8) is 0 Å². The van der Waals surface area contributed by atoms with Crippen LogP contribution in [0.4, 0.5) is 0 Å². The van der Waals surface area contributed by atoms with Crippen molar-refractivity contribution in [2.24, 2.45) is 5.92 Å². The normalized spacial score (nSPS) is 16.3. The quantitative estimate of drug-likeness (QED) is 0.849. The molecule has 2 rings (SSSR count). The van der Waals surface area contributed by atoms with E-state index in [9.17, 15) is 4.79 Å². The molecule has 1 unspecified atom stereocenters. The first-order valence-corrected chi connectivity index (χ1v) is 9.07. The molecule has 1 heterocycles. The van der Waals surface area contributed by atoms with Crippen LogP contribution in [0.3, 0.4) is 0 Å². The van der Waals surface area contributed by atoms with Crippen LogP contribution < -0.4 is 5.32 Å². The number of thiocarbonyl (C=S) groups is 1. The van der Waals surface area contributed by atoms with Crippen molar-refractivity contribution in [1.82, 2.24) is 10.2 Å². The molecular formula is C19H28N2OS. The minimum Gasteiger partial charge on any atom is -0.349 e. The Morgan fingerprint density at radius 1 is 1.13 bits per heavy atom. The Balaban J connectivity index is 1.92. The number of piperidine rings is 1. The van der Waals surface area contributed by atoms with Gasteiger partial charge in [-0.25, -0.2) is 0 Å². The fourth-order valence-electron chi connectivity index (χ4n) is 2.95. The highest BCUT2D eigenvalue weighted by Crippen LogP contribution is 2.18. The van der Waals surface area contributed by atoms with Gasteiger partial charge in [-0.15, -0.1) is 0 Å². The summed E-state index contributed by atoms with van der Waals surface area (Å²) in [5.74, 6) is 0.437. The van der Waals surface area contributed by atoms with Crippen molar-refractivity contribution in [3.8, 4) is 0 Å². The van der Waals surface area contributed by atoms with E-state index in [1.54, 1.807) is 0 Å². The van der Waals surface area contributed by atoms with E-state index in [1.165, 1.54) is 12.0 Å². The second-order valence-corrected chi connectivity index (χ2v) is 7.29. The Labute approximate surface area is 145 Å². The maximum absolute atomic E-state index is 12.4. The summed E-state index contributed by atoms with van der Waals surface area (Å²) < 4.78 is 0. The third kappa shape index (κ3) is 5.31. The van der Waals surface area contributed by atoms with E-state index < -0.39 is 0 Å². The molecule has 1 atom stereocenters. The molecule has 0 radical (unpaired) electrons. The number of benzene rings is 1. The van der Waals surface area contributed by atoms with Gasteiger partial charge in [0.05, 0.1) is 5.92 Å². The van der Waals surface area contributed by atoms with Gasteiger partial charge in [-0.05, 0) is 61.9 Å². The molecule has 1 aromatic rings. The number of hydrogen-bond donors (Lipinski definition) is 1. The van der Waals surface area contributed by atoms with Gasteiger partial charge in [-0.3, -0.25) is 4.79 Å². The molecule has 126 valence electrons. The molecular weight excluding hydrogens is 304 g/mol. The summed E-state index contributed by atoms with van der Waals surface area (Å²) in [6.07, 6.45) is 4.64. The van der Waals surface area contributed by atoms with Crippen molar-refractivity contribution in [1.29, 1.82) is 0 Å². The van der Waals surface area contributed by atoms with Crippen LogP contribution in [0.25, 0.3) is 0 Å². The predicted octanol–water partition coefficient (Wildman–Crippen LogP) is 3.88. The monoisotopic (exact) mass is 332 g/mol. The van der Waals surface area contributed by atoms with Crippen molar-refractivity contribution >= 4 is 23.2 Å². The lowest BCUT2D eigenvalue weighted by Crippen LogP contribution is -2.46. The molecule has 0 bridgehead atoms. The standard InChI is InChI=1S/C19H28N2OS/c1-14(2)13-16-7-9-17(10-8-16)15(3)18(22)20-19(23)21-11-5-4-6-12-21/h7-10,14-15H,4-6,11-13H2,1-3H3,(H,20,22,23). The minimum absolute atomic E-state index is 0.0165. The Kier molecular flexibility index (Phi) is 6.58. The number of nitrogens with one attached hydrogen (secondary N) is 1. The molecule has 3 nitrogen and oxygen atoms in total. The highest BCUT2D eigenvalue weighted by Gasteiger charge is 2.20. The SMILES string of the molecule is CC(C)Cc1ccc(C(C)C(=O)NC(=S)N2CCCCC2)cc1. The minimum atomic E-state index is -0.189. The van der Waals surface area contributed by atoms with Gasteiger partial charge in [-0.2, -0.15) is 0 Å². The largest absolute Gasteiger partial charge is 0.349 e. The van der Waals surface area contributed by atoms with Crippen LogP contribution in [0.5, 0.6) is 0 Å². The number of likely N-dealkylation sites (tertiary alicyclic amines) is 1. The van der Waals surface area contributed by atoms with Gasteiger partial charge in [0.2, 0.25) is 5.91 Å². The number of carbonyl (C=O) groups is 1. The molecule has 1 fully saturated rings. The summed E-state index contributed by atoms with van der Waals surface area (Å²) in [7, 11) is 0. The lowest BCUT2D eigenvalue weighted by molar-refractivity contribution is -0.120. The van der Waals surface area contributed by atoms with Crippen molar-refractivity contribution in [3.05, 3.63) is 35.4 Å². The fraction of sp³-hybridized carbons (Fsp3) is 0.579. The molecule has 1 aliphatic rings. The molecule has 0 spiro atoms. The van der Waals surface area contributed by atoms with Gasteiger partial charge < -0.3 is 10.2 Å². The average Bonchev–Trinajstić information content (AvgIpc) is 2.55. The number of rotatable bonds is 4. The van der Waals surface area contributed by atoms with E-state index in [4.69, 9.17) is 12.2 Å². The van der Waals surface area contributed by atoms with Gasteiger partial charge in [0.25, 0.3) is 0 Å². The maximum Gasteiger partial charge on any atom is 0.233 e. The highest BCUT2D eigenvalue weighted by atomic mass is 32.1. The summed E-state index contributed by atoms with van der Waals surface area (Å²) >= 11 is 5.38. The van der Waals surface area contributed by atoms with Gasteiger partial charge in [0.1, 0.15) is 0 Å². The van der Waals surface area contributed by atoms with E-state index >= 15 is 0 Å². The lowest BCUT2D eigenvalue weighted by atomic mass is 9.96. The molecule has 23 heavy (non-hydrogen) atoms. The van der Waals surface area contributed by atoms with Gasteiger partial charge in [0, 0.05) is 13.1 Å². The number of nitrogens with zero attached hydrogens (tertiary/aromatic N) is 1. The smallest absolute Gasteiger partial charge is 0.233 e. The molecule has 1 aromatic carbocycles. The van der Waals surface area contributed by atoms with Crippen LogP contribution in [0.2, 0.25) is 0 Å². The van der Waals surface area contributed by atoms with Crippen LogP contribution in [-0.2, 0) is 11.2 Å². The Hall–Kier alpha value is -1.42. The van der Waals surface area contributed by atoms with Crippen molar-refractivity contribution in [2.75, 3.05) is 13.1 Å². The zero-order valence-electron chi connectivity index (χ0n) is 14.5. The summed E-state index contributed by atoms with van der Waals surface area (Å²) in [5, 5.41) is 3.49. The Morgan fingerprint density at radius 2 is 1.74 bits per heavy atom. The molecule has 1 aliphatic heterocycles. The third-order valence-electron chi connectivity index (χ3n) is 4.39. The average molecular weight is 333 g/mol. The van der Waals surface area contributed by atoms with Gasteiger partial charge >= 0.3 is 0 Å². The maximum atomic E-state index is 12.4. The first-order chi connectivity index (χ1) is 11.0. The van der Waals surface area contributed by atoms with Gasteiger partial charge in [-0.1, -0.05) is 38.1 Å². The zero-order chi connectivity index (χ0) is 16.8. The zero-order valence-corrected chi connectivity index (χ0v) is 15.3. The van der Waals surface area contributed by atoms with E-state index in [0.717, 1.165) is 37.9 Å². The molecule has 1 saturated heterocycles. The van der Waals surface area contributed by atoms with Crippen molar-refractivity contribution < 1.29 is 4.79 Å². The Morgan fingerprint density at radius 3 is 2.30 bits per heavy atom. The molecule has 0 aromatic heterocycles. The number of amides is 1.